The number of hydroxylamine groups is 2. The summed E-state index contributed by atoms with van der Waals surface area (Å²) in [6.07, 6.45) is 29.1. The first-order valence-corrected chi connectivity index (χ1v) is 25.4. The van der Waals surface area contributed by atoms with Gasteiger partial charge < -0.3 is 32.6 Å². The van der Waals surface area contributed by atoms with E-state index in [1.807, 2.05) is 35.0 Å². The number of quaternary nitrogens is 1. The largest absolute Gasteiger partial charge is 0.756 e. The summed E-state index contributed by atoms with van der Waals surface area (Å²) in [6.45, 7) is 8.44. The lowest BCUT2D eigenvalue weighted by Gasteiger charge is -2.35. The van der Waals surface area contributed by atoms with Crippen molar-refractivity contribution < 1.29 is 52.0 Å². The minimum atomic E-state index is -4.65. The molecular weight excluding hydrogens is 771 g/mol. The second kappa shape index (κ2) is 32.5. The van der Waals surface area contributed by atoms with Crippen LogP contribution in [0.2, 0.25) is 0 Å². The van der Waals surface area contributed by atoms with Gasteiger partial charge in [0.25, 0.3) is 7.82 Å². The maximum absolute atomic E-state index is 13.2. The molecule has 1 aliphatic heterocycles. The minimum absolute atomic E-state index is 0.0473. The molecule has 0 aromatic carbocycles. The van der Waals surface area contributed by atoms with Gasteiger partial charge in [-0.1, -0.05) is 149 Å². The fourth-order valence-electron chi connectivity index (χ4n) is 7.56. The Hall–Kier alpha value is -1.11. The van der Waals surface area contributed by atoms with Gasteiger partial charge in [0.1, 0.15) is 25.5 Å². The van der Waals surface area contributed by atoms with E-state index in [4.69, 9.17) is 23.3 Å². The predicted molar refractivity (Wildman–Crippen MR) is 234 cm³/mol. The zero-order valence-electron chi connectivity index (χ0n) is 39.0. The fourth-order valence-corrected chi connectivity index (χ4v) is 8.28. The Balaban J connectivity index is 2.40. The Bertz CT molecular complexity index is 1120. The smallest absolute Gasteiger partial charge is 0.306 e. The fraction of sp³-hybridized carbons (Fsp3) is 0.957. The van der Waals surface area contributed by atoms with Gasteiger partial charge in [0.05, 0.1) is 39.9 Å². The highest BCUT2D eigenvalue weighted by Gasteiger charge is 2.51. The third kappa shape index (κ3) is 29.0. The molecule has 2 unspecified atom stereocenters. The minimum Gasteiger partial charge on any atom is -0.756 e. The van der Waals surface area contributed by atoms with Crippen molar-refractivity contribution in [2.75, 3.05) is 54.1 Å². The van der Waals surface area contributed by atoms with Crippen LogP contribution in [0.25, 0.3) is 0 Å². The molecule has 349 valence electrons. The molecule has 0 aromatic heterocycles. The van der Waals surface area contributed by atoms with Crippen LogP contribution in [0, 0.1) is 0 Å². The van der Waals surface area contributed by atoms with Gasteiger partial charge in [0.2, 0.25) is 0 Å². The molecule has 0 N–H and O–H groups in total. The van der Waals surface area contributed by atoms with E-state index in [1.165, 1.54) is 82.1 Å². The Kier molecular flexibility index (Phi) is 30.8. The van der Waals surface area contributed by atoms with Crippen LogP contribution in [0.5, 0.6) is 0 Å². The third-order valence-electron chi connectivity index (χ3n) is 11.4. The Morgan fingerprint density at radius 1 is 0.661 bits per heavy atom. The van der Waals surface area contributed by atoms with Crippen molar-refractivity contribution in [1.29, 1.82) is 0 Å². The van der Waals surface area contributed by atoms with Crippen LogP contribution in [0.15, 0.2) is 0 Å². The van der Waals surface area contributed by atoms with Crippen molar-refractivity contribution >= 4 is 19.8 Å². The number of esters is 2. The molecule has 1 aliphatic rings. The lowest BCUT2D eigenvalue weighted by atomic mass is 9.95. The van der Waals surface area contributed by atoms with E-state index >= 15 is 0 Å². The van der Waals surface area contributed by atoms with Crippen LogP contribution in [0.3, 0.4) is 0 Å². The lowest BCUT2D eigenvalue weighted by Crippen LogP contribution is -2.49. The second-order valence-corrected chi connectivity index (χ2v) is 20.3. The topological polar surface area (TPSA) is 144 Å². The highest BCUT2D eigenvalue weighted by atomic mass is 31.2. The van der Waals surface area contributed by atoms with Crippen molar-refractivity contribution in [2.45, 2.75) is 231 Å². The van der Waals surface area contributed by atoms with Crippen molar-refractivity contribution in [3.05, 3.63) is 0 Å². The van der Waals surface area contributed by atoms with Crippen LogP contribution in [0.1, 0.15) is 214 Å². The number of carbonyl (C=O) groups excluding carboxylic acids is 2. The van der Waals surface area contributed by atoms with Gasteiger partial charge in [0, 0.05) is 12.8 Å². The second-order valence-electron chi connectivity index (χ2n) is 18.9. The Morgan fingerprint density at radius 2 is 1.08 bits per heavy atom. The van der Waals surface area contributed by atoms with E-state index in [0.29, 0.717) is 30.5 Å². The molecule has 0 aromatic rings. The standard InChI is InChI=1S/C46H90N2O10P/c1-8-10-12-14-15-16-17-18-19-20-21-22-23-27-30-34-44(50)58-42(40-57-59(52,53)56-38-37-48(5,6)7)39-54-43(49)33-29-26-24-25-28-32-36-46(35-31-13-11-9-2)47(51)45(3,4)41-55-46/h42H,8-41H2,1-7H3/t42-,46?/m0/s1. The quantitative estimate of drug-likeness (QED) is 0.0253. The zero-order chi connectivity index (χ0) is 43.9. The van der Waals surface area contributed by atoms with Crippen LogP contribution in [0.4, 0.5) is 0 Å². The SMILES string of the molecule is CCCCCCCCCCCCCCCCCC(=O)O[C@@H](COC(=O)CCCCCCCCC1(CCCCCC)OCC(C)(C)N1[O])COP(=O)([O-])OCC[N+](C)(C)C. The molecule has 0 spiro atoms. The summed E-state index contributed by atoms with van der Waals surface area (Å²) in [4.78, 5) is 37.8. The summed E-state index contributed by atoms with van der Waals surface area (Å²) in [5.74, 6) is -0.899. The molecule has 1 fully saturated rings. The Labute approximate surface area is 361 Å². The molecule has 13 heteroatoms. The van der Waals surface area contributed by atoms with Gasteiger partial charge in [0.15, 0.2) is 6.10 Å². The molecule has 1 rings (SSSR count). The van der Waals surface area contributed by atoms with E-state index in [9.17, 15) is 24.3 Å². The van der Waals surface area contributed by atoms with E-state index in [1.54, 1.807) is 0 Å². The number of phosphoric acid groups is 1. The van der Waals surface area contributed by atoms with Gasteiger partial charge in [-0.3, -0.25) is 14.2 Å². The number of carbonyl (C=O) groups is 2. The van der Waals surface area contributed by atoms with E-state index in [-0.39, 0.29) is 26.1 Å². The van der Waals surface area contributed by atoms with E-state index in [0.717, 1.165) is 83.5 Å². The zero-order valence-corrected chi connectivity index (χ0v) is 39.9. The molecule has 1 saturated heterocycles. The first kappa shape index (κ1) is 55.9. The lowest BCUT2D eigenvalue weighted by molar-refractivity contribution is -0.870. The molecule has 0 aliphatic carbocycles. The maximum atomic E-state index is 13.2. The summed E-state index contributed by atoms with van der Waals surface area (Å²) in [6, 6.07) is 0. The first-order valence-electron chi connectivity index (χ1n) is 23.9. The number of nitrogens with zero attached hydrogens (tertiary/aromatic N) is 2. The summed E-state index contributed by atoms with van der Waals surface area (Å²) < 4.78 is 40.2. The molecule has 0 saturated carbocycles. The van der Waals surface area contributed by atoms with Gasteiger partial charge in [-0.2, -0.15) is 0 Å². The van der Waals surface area contributed by atoms with Crippen LogP contribution >= 0.6 is 7.82 Å². The van der Waals surface area contributed by atoms with E-state index < -0.39 is 43.7 Å². The van der Waals surface area contributed by atoms with Gasteiger partial charge in [-0.15, -0.1) is 10.3 Å². The monoisotopic (exact) mass is 862 g/mol. The van der Waals surface area contributed by atoms with Crippen molar-refractivity contribution in [1.82, 2.24) is 5.06 Å². The number of likely N-dealkylation sites (N-methyl/N-ethyl adjacent to an activating group) is 1. The van der Waals surface area contributed by atoms with Crippen LogP contribution in [-0.4, -0.2) is 93.0 Å². The molecule has 3 atom stereocenters. The molecule has 1 radical (unpaired) electrons. The number of hydrogen-bond acceptors (Lipinski definition) is 10. The van der Waals surface area contributed by atoms with Crippen LogP contribution < -0.4 is 4.89 Å². The maximum Gasteiger partial charge on any atom is 0.306 e. The normalized spacial score (nSPS) is 18.5. The van der Waals surface area contributed by atoms with E-state index in [2.05, 4.69) is 13.8 Å². The number of rotatable bonds is 40. The summed E-state index contributed by atoms with van der Waals surface area (Å²) >= 11 is 0. The van der Waals surface area contributed by atoms with Gasteiger partial charge in [-0.25, -0.2) is 0 Å². The molecule has 12 nitrogen and oxygen atoms in total. The molecule has 59 heavy (non-hydrogen) atoms. The molecular formula is C46H90N2O10P. The first-order chi connectivity index (χ1) is 28.1. The molecule has 0 bridgehead atoms. The third-order valence-corrected chi connectivity index (χ3v) is 12.3. The molecule has 0 amide bonds. The summed E-state index contributed by atoms with van der Waals surface area (Å²) in [7, 11) is 1.11. The Morgan fingerprint density at radius 3 is 1.53 bits per heavy atom. The van der Waals surface area contributed by atoms with Crippen LogP contribution in [-0.2, 0) is 42.6 Å². The number of phosphoric ester groups is 1. The highest BCUT2D eigenvalue weighted by Crippen LogP contribution is 2.41. The molecule has 1 heterocycles. The predicted octanol–water partition coefficient (Wildman–Crippen LogP) is 11.2. The van der Waals surface area contributed by atoms with Gasteiger partial charge in [-0.05, 0) is 52.4 Å². The number of unbranched alkanes of at least 4 members (excludes halogenated alkanes) is 22. The number of ether oxygens (including phenoxy) is 3. The summed E-state index contributed by atoms with van der Waals surface area (Å²) in [5, 5.41) is 14.4. The van der Waals surface area contributed by atoms with Crippen molar-refractivity contribution in [3.63, 3.8) is 0 Å². The highest BCUT2D eigenvalue weighted by molar-refractivity contribution is 7.45. The number of hydrogen-bond donors (Lipinski definition) is 0. The van der Waals surface area contributed by atoms with Gasteiger partial charge >= 0.3 is 11.9 Å². The average molecular weight is 862 g/mol. The summed E-state index contributed by atoms with van der Waals surface area (Å²) in [5.41, 5.74) is -1.22. The van der Waals surface area contributed by atoms with Crippen molar-refractivity contribution in [3.8, 4) is 0 Å². The average Bonchev–Trinajstić information content (AvgIpc) is 3.40. The van der Waals surface area contributed by atoms with Crippen molar-refractivity contribution in [2.24, 2.45) is 0 Å².